The molecule has 0 saturated heterocycles. The Kier molecular flexibility index (Phi) is 3.90. The monoisotopic (exact) mass is 338 g/mol. The van der Waals surface area contributed by atoms with Gasteiger partial charge in [0.1, 0.15) is 0 Å². The summed E-state index contributed by atoms with van der Waals surface area (Å²) < 4.78 is 0. The number of aromatic amines is 1. The van der Waals surface area contributed by atoms with E-state index in [1.54, 1.807) is 0 Å². The summed E-state index contributed by atoms with van der Waals surface area (Å²) in [6.07, 6.45) is 1.06. The molecule has 4 rings (SSSR count). The number of fused-ring (bicyclic) bond motifs is 3. The smallest absolute Gasteiger partial charge is 0.0754 e. The van der Waals surface area contributed by atoms with E-state index in [9.17, 15) is 0 Å². The number of halogens is 1. The van der Waals surface area contributed by atoms with Crippen molar-refractivity contribution in [1.82, 2.24) is 9.88 Å². The summed E-state index contributed by atoms with van der Waals surface area (Å²) >= 11 is 6.22. The molecule has 1 unspecified atom stereocenters. The summed E-state index contributed by atoms with van der Waals surface area (Å²) in [6.45, 7) is 5.53. The highest BCUT2D eigenvalue weighted by Crippen LogP contribution is 2.38. The zero-order chi connectivity index (χ0) is 16.8. The summed E-state index contributed by atoms with van der Waals surface area (Å²) in [6, 6.07) is 15.5. The van der Waals surface area contributed by atoms with Crippen LogP contribution in [0.5, 0.6) is 0 Å². The fraction of sp³-hybridized carbons (Fsp3) is 0.333. The second kappa shape index (κ2) is 5.94. The minimum Gasteiger partial charge on any atom is -0.357 e. The number of hydrogen-bond donors (Lipinski definition) is 1. The Hall–Kier alpha value is -1.77. The summed E-state index contributed by atoms with van der Waals surface area (Å²) in [7, 11) is 2.21. The van der Waals surface area contributed by atoms with Gasteiger partial charge in [-0.05, 0) is 54.3 Å². The lowest BCUT2D eigenvalue weighted by atomic mass is 9.91. The minimum absolute atomic E-state index is 0.279. The predicted octanol–water partition coefficient (Wildman–Crippen LogP) is 5.52. The summed E-state index contributed by atoms with van der Waals surface area (Å²) in [5, 5.41) is 2.08. The molecule has 0 aliphatic carbocycles. The molecule has 0 spiro atoms. The van der Waals surface area contributed by atoms with E-state index in [1.165, 1.54) is 33.3 Å². The molecule has 0 fully saturated rings. The Morgan fingerprint density at radius 2 is 1.88 bits per heavy atom. The first-order chi connectivity index (χ1) is 11.5. The predicted molar refractivity (Wildman–Crippen MR) is 102 cm³/mol. The maximum atomic E-state index is 6.22. The second-order valence-corrected chi connectivity index (χ2v) is 7.60. The molecular weight excluding hydrogens is 316 g/mol. The van der Waals surface area contributed by atoms with Crippen LogP contribution < -0.4 is 0 Å². The van der Waals surface area contributed by atoms with Crippen molar-refractivity contribution in [2.24, 2.45) is 0 Å². The molecule has 1 aliphatic rings. The van der Waals surface area contributed by atoms with Crippen molar-refractivity contribution >= 4 is 22.5 Å². The fourth-order valence-corrected chi connectivity index (χ4v) is 4.04. The number of nitrogens with zero attached hydrogens (tertiary/aromatic N) is 1. The number of aromatic nitrogens is 1. The van der Waals surface area contributed by atoms with Crippen LogP contribution in [0.15, 0.2) is 42.5 Å². The first kappa shape index (κ1) is 15.7. The van der Waals surface area contributed by atoms with Gasteiger partial charge in [-0.1, -0.05) is 49.7 Å². The van der Waals surface area contributed by atoms with Gasteiger partial charge in [-0.25, -0.2) is 0 Å². The van der Waals surface area contributed by atoms with E-state index in [2.05, 4.69) is 67.2 Å². The van der Waals surface area contributed by atoms with E-state index in [1.807, 2.05) is 6.07 Å². The number of nitrogens with one attached hydrogen (secondary N) is 1. The zero-order valence-electron chi connectivity index (χ0n) is 14.4. The van der Waals surface area contributed by atoms with Gasteiger partial charge in [-0.3, -0.25) is 4.90 Å². The van der Waals surface area contributed by atoms with Gasteiger partial charge in [0.2, 0.25) is 0 Å². The average molecular weight is 339 g/mol. The molecule has 0 radical (unpaired) electrons. The minimum atomic E-state index is 0.279. The molecule has 0 saturated carbocycles. The third kappa shape index (κ3) is 2.54. The highest BCUT2D eigenvalue weighted by atomic mass is 35.5. The third-order valence-electron chi connectivity index (χ3n) is 5.25. The topological polar surface area (TPSA) is 19.0 Å². The molecule has 0 amide bonds. The van der Waals surface area contributed by atoms with E-state index >= 15 is 0 Å². The number of H-pyrrole nitrogens is 1. The quantitative estimate of drug-likeness (QED) is 0.651. The van der Waals surface area contributed by atoms with E-state index in [-0.39, 0.29) is 6.04 Å². The Balaban J connectivity index is 1.83. The molecule has 2 nitrogen and oxygen atoms in total. The lowest BCUT2D eigenvalue weighted by molar-refractivity contribution is 0.261. The van der Waals surface area contributed by atoms with Crippen LogP contribution in [-0.2, 0) is 6.42 Å². The highest BCUT2D eigenvalue weighted by molar-refractivity contribution is 6.31. The molecule has 1 aromatic heterocycles. The third-order valence-corrected chi connectivity index (χ3v) is 5.48. The van der Waals surface area contributed by atoms with Gasteiger partial charge in [-0.15, -0.1) is 0 Å². The van der Waals surface area contributed by atoms with Gasteiger partial charge in [-0.2, -0.15) is 0 Å². The van der Waals surface area contributed by atoms with E-state index in [0.29, 0.717) is 5.92 Å². The zero-order valence-corrected chi connectivity index (χ0v) is 15.2. The van der Waals surface area contributed by atoms with Crippen LogP contribution in [0.3, 0.4) is 0 Å². The lowest BCUT2D eigenvalue weighted by Gasteiger charge is -2.33. The Morgan fingerprint density at radius 3 is 2.58 bits per heavy atom. The standard InChI is InChI=1S/C21H23ClN2/c1-13(2)14-4-6-15(7-5-14)21-20-17(10-11-24(21)3)18-12-16(22)8-9-19(18)23-20/h4-9,12-13,21,23H,10-11H2,1-3H3. The molecule has 1 aliphatic heterocycles. The Labute approximate surface area is 148 Å². The van der Waals surface area contributed by atoms with Crippen LogP contribution in [-0.4, -0.2) is 23.5 Å². The Morgan fingerprint density at radius 1 is 1.12 bits per heavy atom. The van der Waals surface area contributed by atoms with Gasteiger partial charge in [0.05, 0.1) is 6.04 Å². The molecule has 1 N–H and O–H groups in total. The van der Waals surface area contributed by atoms with Crippen LogP contribution in [0, 0.1) is 0 Å². The maximum Gasteiger partial charge on any atom is 0.0754 e. The molecule has 0 bridgehead atoms. The highest BCUT2D eigenvalue weighted by Gasteiger charge is 2.29. The van der Waals surface area contributed by atoms with E-state index in [0.717, 1.165) is 18.0 Å². The number of rotatable bonds is 2. The largest absolute Gasteiger partial charge is 0.357 e. The van der Waals surface area contributed by atoms with Gasteiger partial charge >= 0.3 is 0 Å². The Bertz CT molecular complexity index is 877. The van der Waals surface area contributed by atoms with Crippen LogP contribution in [0.4, 0.5) is 0 Å². The molecular formula is C21H23ClN2. The maximum absolute atomic E-state index is 6.22. The normalized spacial score (nSPS) is 18.3. The van der Waals surface area contributed by atoms with Crippen molar-refractivity contribution < 1.29 is 0 Å². The number of hydrogen-bond acceptors (Lipinski definition) is 1. The molecule has 124 valence electrons. The van der Waals surface area contributed by atoms with Crippen LogP contribution in [0.1, 0.15) is 48.2 Å². The molecule has 2 aromatic carbocycles. The summed E-state index contributed by atoms with van der Waals surface area (Å²) in [4.78, 5) is 6.09. The van der Waals surface area contributed by atoms with Gasteiger partial charge < -0.3 is 4.98 Å². The summed E-state index contributed by atoms with van der Waals surface area (Å²) in [5.41, 5.74) is 6.66. The molecule has 24 heavy (non-hydrogen) atoms. The van der Waals surface area contributed by atoms with Gasteiger partial charge in [0.25, 0.3) is 0 Å². The number of likely N-dealkylation sites (N-methyl/N-ethyl adjacent to an activating group) is 1. The van der Waals surface area contributed by atoms with Crippen LogP contribution in [0.25, 0.3) is 10.9 Å². The van der Waals surface area contributed by atoms with E-state index < -0.39 is 0 Å². The molecule has 2 heterocycles. The molecule has 3 aromatic rings. The van der Waals surface area contributed by atoms with Crippen molar-refractivity contribution in [1.29, 1.82) is 0 Å². The first-order valence-electron chi connectivity index (χ1n) is 8.64. The number of benzene rings is 2. The first-order valence-corrected chi connectivity index (χ1v) is 9.02. The van der Waals surface area contributed by atoms with Crippen LogP contribution in [0.2, 0.25) is 5.02 Å². The summed E-state index contributed by atoms with van der Waals surface area (Å²) in [5.74, 6) is 0.564. The van der Waals surface area contributed by atoms with Gasteiger partial charge in [0.15, 0.2) is 0 Å². The molecule has 3 heteroatoms. The molecule has 1 atom stereocenters. The average Bonchev–Trinajstić information content (AvgIpc) is 2.92. The van der Waals surface area contributed by atoms with Crippen molar-refractivity contribution in [3.63, 3.8) is 0 Å². The van der Waals surface area contributed by atoms with Crippen molar-refractivity contribution in [2.75, 3.05) is 13.6 Å². The lowest BCUT2D eigenvalue weighted by Crippen LogP contribution is -2.32. The van der Waals surface area contributed by atoms with Crippen LogP contribution >= 0.6 is 11.6 Å². The SMILES string of the molecule is CC(C)c1ccc(C2c3[nH]c4ccc(Cl)cc4c3CCN2C)cc1. The van der Waals surface area contributed by atoms with Gasteiger partial charge in [0, 0.05) is 28.2 Å². The van der Waals surface area contributed by atoms with Crippen molar-refractivity contribution in [3.8, 4) is 0 Å². The van der Waals surface area contributed by atoms with Crippen molar-refractivity contribution in [2.45, 2.75) is 32.2 Å². The second-order valence-electron chi connectivity index (χ2n) is 7.16. The van der Waals surface area contributed by atoms with E-state index in [4.69, 9.17) is 11.6 Å². The van der Waals surface area contributed by atoms with Crippen molar-refractivity contribution in [3.05, 3.63) is 69.9 Å². The fourth-order valence-electron chi connectivity index (χ4n) is 3.87.